The number of hydrogen-bond acceptors (Lipinski definition) is 5. The minimum Gasteiger partial charge on any atom is -0.389 e. The van der Waals surface area contributed by atoms with E-state index in [9.17, 15) is 5.11 Å². The minimum absolute atomic E-state index is 0.425. The summed E-state index contributed by atoms with van der Waals surface area (Å²) in [5, 5.41) is 15.7. The van der Waals surface area contributed by atoms with Crippen LogP contribution in [0.3, 0.4) is 0 Å². The fraction of sp³-hybridized carbons (Fsp3) is 0.600. The summed E-state index contributed by atoms with van der Waals surface area (Å²) >= 11 is 3.35. The number of aliphatic hydroxyl groups is 1. The average molecular weight is 289 g/mol. The topological polar surface area (TPSA) is 70.1 Å². The summed E-state index contributed by atoms with van der Waals surface area (Å²) in [5.41, 5.74) is -0.775. The van der Waals surface area contributed by atoms with Crippen molar-refractivity contribution in [3.63, 3.8) is 0 Å². The van der Waals surface area contributed by atoms with E-state index in [0.717, 1.165) is 11.0 Å². The van der Waals surface area contributed by atoms with Crippen LogP contribution in [0.5, 0.6) is 0 Å². The Balaban J connectivity index is 2.74. The van der Waals surface area contributed by atoms with Crippen LogP contribution in [0.1, 0.15) is 20.8 Å². The Labute approximate surface area is 104 Å². The zero-order valence-electron chi connectivity index (χ0n) is 9.71. The molecule has 3 N–H and O–H groups in total. The van der Waals surface area contributed by atoms with Gasteiger partial charge in [-0.1, -0.05) is 0 Å². The van der Waals surface area contributed by atoms with E-state index in [2.05, 4.69) is 36.5 Å². The molecule has 1 aromatic heterocycles. The lowest BCUT2D eigenvalue weighted by Gasteiger charge is -2.18. The van der Waals surface area contributed by atoms with E-state index in [1.54, 1.807) is 20.0 Å². The zero-order chi connectivity index (χ0) is 12.2. The van der Waals surface area contributed by atoms with Crippen LogP contribution in [-0.2, 0) is 0 Å². The Hall–Kier alpha value is -0.880. The SMILES string of the molecule is CCNc1ncc(Br)c(NCC(C)(C)O)n1. The molecule has 0 aliphatic carbocycles. The summed E-state index contributed by atoms with van der Waals surface area (Å²) < 4.78 is 0.776. The molecule has 0 unspecified atom stereocenters. The highest BCUT2D eigenvalue weighted by Crippen LogP contribution is 2.20. The number of hydrogen-bond donors (Lipinski definition) is 3. The van der Waals surface area contributed by atoms with Gasteiger partial charge in [0.1, 0.15) is 5.82 Å². The Morgan fingerprint density at radius 2 is 2.12 bits per heavy atom. The molecular weight excluding hydrogens is 272 g/mol. The first kappa shape index (κ1) is 13.2. The van der Waals surface area contributed by atoms with Crippen molar-refractivity contribution in [1.82, 2.24) is 9.97 Å². The smallest absolute Gasteiger partial charge is 0.224 e. The van der Waals surface area contributed by atoms with E-state index in [-0.39, 0.29) is 0 Å². The van der Waals surface area contributed by atoms with E-state index < -0.39 is 5.60 Å². The van der Waals surface area contributed by atoms with Crippen molar-refractivity contribution < 1.29 is 5.11 Å². The lowest BCUT2D eigenvalue weighted by Crippen LogP contribution is -2.29. The van der Waals surface area contributed by atoms with E-state index in [1.807, 2.05) is 6.92 Å². The number of aromatic nitrogens is 2. The van der Waals surface area contributed by atoms with Gasteiger partial charge in [0.15, 0.2) is 0 Å². The lowest BCUT2D eigenvalue weighted by molar-refractivity contribution is 0.0944. The summed E-state index contributed by atoms with van der Waals surface area (Å²) in [5.74, 6) is 1.25. The average Bonchev–Trinajstić information content (AvgIpc) is 2.18. The van der Waals surface area contributed by atoms with Crippen molar-refractivity contribution in [1.29, 1.82) is 0 Å². The van der Waals surface area contributed by atoms with Crippen molar-refractivity contribution in [2.24, 2.45) is 0 Å². The highest BCUT2D eigenvalue weighted by Gasteiger charge is 2.13. The Kier molecular flexibility index (Phi) is 4.49. The molecule has 5 nitrogen and oxygen atoms in total. The predicted octanol–water partition coefficient (Wildman–Crippen LogP) is 1.85. The molecule has 0 aliphatic heterocycles. The highest BCUT2D eigenvalue weighted by atomic mass is 79.9. The third kappa shape index (κ3) is 4.32. The highest BCUT2D eigenvalue weighted by molar-refractivity contribution is 9.10. The van der Waals surface area contributed by atoms with Crippen molar-refractivity contribution in [2.45, 2.75) is 26.4 Å². The van der Waals surface area contributed by atoms with Crippen LogP contribution in [0, 0.1) is 0 Å². The van der Waals surface area contributed by atoms with Crippen LogP contribution in [0.15, 0.2) is 10.7 Å². The van der Waals surface area contributed by atoms with Gasteiger partial charge >= 0.3 is 0 Å². The summed E-state index contributed by atoms with van der Waals surface area (Å²) in [6.45, 7) is 6.65. The normalized spacial score (nSPS) is 11.3. The minimum atomic E-state index is -0.775. The van der Waals surface area contributed by atoms with Gasteiger partial charge in [0, 0.05) is 19.3 Å². The molecule has 6 heteroatoms. The summed E-state index contributed by atoms with van der Waals surface area (Å²) in [6, 6.07) is 0. The third-order valence-electron chi connectivity index (χ3n) is 1.77. The van der Waals surface area contributed by atoms with E-state index in [1.165, 1.54) is 0 Å². The first-order chi connectivity index (χ1) is 7.42. The van der Waals surface area contributed by atoms with Gasteiger partial charge in [-0.2, -0.15) is 4.98 Å². The number of anilines is 2. The molecule has 0 spiro atoms. The quantitative estimate of drug-likeness (QED) is 0.772. The molecule has 0 saturated carbocycles. The molecule has 0 bridgehead atoms. The van der Waals surface area contributed by atoms with Crippen LogP contribution in [0.4, 0.5) is 11.8 Å². The van der Waals surface area contributed by atoms with Crippen LogP contribution < -0.4 is 10.6 Å². The van der Waals surface area contributed by atoms with Crippen molar-refractivity contribution in [3.05, 3.63) is 10.7 Å². The molecular formula is C10H17BrN4O. The fourth-order valence-electron chi connectivity index (χ4n) is 1.03. The van der Waals surface area contributed by atoms with Crippen molar-refractivity contribution >= 4 is 27.7 Å². The van der Waals surface area contributed by atoms with Gasteiger partial charge in [-0.15, -0.1) is 0 Å². The van der Waals surface area contributed by atoms with E-state index >= 15 is 0 Å². The molecule has 0 aliphatic rings. The van der Waals surface area contributed by atoms with Gasteiger partial charge in [-0.05, 0) is 36.7 Å². The maximum absolute atomic E-state index is 9.61. The molecule has 16 heavy (non-hydrogen) atoms. The summed E-state index contributed by atoms with van der Waals surface area (Å²) in [4.78, 5) is 8.38. The van der Waals surface area contributed by atoms with Gasteiger partial charge in [0.05, 0.1) is 10.1 Å². The second kappa shape index (κ2) is 5.45. The molecule has 0 aromatic carbocycles. The van der Waals surface area contributed by atoms with Gasteiger partial charge < -0.3 is 15.7 Å². The van der Waals surface area contributed by atoms with Gasteiger partial charge in [-0.3, -0.25) is 0 Å². The molecule has 90 valence electrons. The van der Waals surface area contributed by atoms with Crippen LogP contribution in [0.25, 0.3) is 0 Å². The predicted molar refractivity (Wildman–Crippen MR) is 68.7 cm³/mol. The first-order valence-corrected chi connectivity index (χ1v) is 5.94. The lowest BCUT2D eigenvalue weighted by atomic mass is 10.1. The second-order valence-electron chi connectivity index (χ2n) is 4.09. The van der Waals surface area contributed by atoms with E-state index in [4.69, 9.17) is 0 Å². The maximum Gasteiger partial charge on any atom is 0.224 e. The molecule has 1 rings (SSSR count). The van der Waals surface area contributed by atoms with Gasteiger partial charge in [-0.25, -0.2) is 4.98 Å². The molecule has 0 radical (unpaired) electrons. The van der Waals surface area contributed by atoms with Crippen LogP contribution in [0.2, 0.25) is 0 Å². The Bertz CT molecular complexity index is 351. The first-order valence-electron chi connectivity index (χ1n) is 5.15. The van der Waals surface area contributed by atoms with Crippen molar-refractivity contribution in [3.8, 4) is 0 Å². The number of rotatable bonds is 5. The number of nitrogens with one attached hydrogen (secondary N) is 2. The van der Waals surface area contributed by atoms with Gasteiger partial charge in [0.2, 0.25) is 5.95 Å². The standard InChI is InChI=1S/C10H17BrN4O/c1-4-12-9-13-5-7(11)8(15-9)14-6-10(2,3)16/h5,16H,4,6H2,1-3H3,(H2,12,13,14,15). The Morgan fingerprint density at radius 3 is 2.69 bits per heavy atom. The molecule has 1 aromatic rings. The largest absolute Gasteiger partial charge is 0.389 e. The maximum atomic E-state index is 9.61. The molecule has 0 amide bonds. The fourth-order valence-corrected chi connectivity index (χ4v) is 1.37. The zero-order valence-corrected chi connectivity index (χ0v) is 11.3. The molecule has 1 heterocycles. The molecule has 0 atom stereocenters. The van der Waals surface area contributed by atoms with E-state index in [0.29, 0.717) is 18.3 Å². The molecule has 0 saturated heterocycles. The monoisotopic (exact) mass is 288 g/mol. The molecule has 0 fully saturated rings. The summed E-state index contributed by atoms with van der Waals surface area (Å²) in [6.07, 6.45) is 1.68. The number of halogens is 1. The van der Waals surface area contributed by atoms with Crippen molar-refractivity contribution in [2.75, 3.05) is 23.7 Å². The Morgan fingerprint density at radius 1 is 1.44 bits per heavy atom. The van der Waals surface area contributed by atoms with Crippen LogP contribution >= 0.6 is 15.9 Å². The second-order valence-corrected chi connectivity index (χ2v) is 4.94. The number of nitrogens with zero attached hydrogens (tertiary/aromatic N) is 2. The van der Waals surface area contributed by atoms with Crippen LogP contribution in [-0.4, -0.2) is 33.8 Å². The van der Waals surface area contributed by atoms with Gasteiger partial charge in [0.25, 0.3) is 0 Å². The third-order valence-corrected chi connectivity index (χ3v) is 2.35. The summed E-state index contributed by atoms with van der Waals surface area (Å²) in [7, 11) is 0.